The van der Waals surface area contributed by atoms with Gasteiger partial charge in [-0.1, -0.05) is 6.92 Å². The van der Waals surface area contributed by atoms with Crippen molar-refractivity contribution < 1.29 is 9.18 Å². The standard InChI is InChI=1S/C14H19FN2O/c1-10-3-2-7-17(8-6-10)14(18)11-4-5-13(16)12(15)9-11/h4-5,9-10H,2-3,6-8,16H2,1H3. The molecule has 1 heterocycles. The molecule has 1 unspecified atom stereocenters. The van der Waals surface area contributed by atoms with E-state index in [9.17, 15) is 9.18 Å². The average molecular weight is 250 g/mol. The van der Waals surface area contributed by atoms with Gasteiger partial charge in [-0.2, -0.15) is 0 Å². The van der Waals surface area contributed by atoms with Crippen LogP contribution in [0.15, 0.2) is 18.2 Å². The maximum atomic E-state index is 13.4. The minimum Gasteiger partial charge on any atom is -0.396 e. The molecule has 1 aliphatic rings. The van der Waals surface area contributed by atoms with Gasteiger partial charge in [-0.05, 0) is 43.4 Å². The van der Waals surface area contributed by atoms with E-state index in [-0.39, 0.29) is 11.6 Å². The summed E-state index contributed by atoms with van der Waals surface area (Å²) in [6, 6.07) is 4.27. The fourth-order valence-corrected chi connectivity index (χ4v) is 2.31. The second-order valence-corrected chi connectivity index (χ2v) is 5.06. The maximum Gasteiger partial charge on any atom is 0.253 e. The first-order valence-corrected chi connectivity index (χ1v) is 6.42. The Bertz CT molecular complexity index is 447. The second kappa shape index (κ2) is 5.38. The molecular weight excluding hydrogens is 231 g/mol. The highest BCUT2D eigenvalue weighted by atomic mass is 19.1. The number of hydrogen-bond acceptors (Lipinski definition) is 2. The van der Waals surface area contributed by atoms with E-state index in [1.807, 2.05) is 4.90 Å². The van der Waals surface area contributed by atoms with Gasteiger partial charge in [-0.15, -0.1) is 0 Å². The number of nitrogens with zero attached hydrogens (tertiary/aromatic N) is 1. The Morgan fingerprint density at radius 2 is 2.17 bits per heavy atom. The monoisotopic (exact) mass is 250 g/mol. The molecule has 3 nitrogen and oxygen atoms in total. The van der Waals surface area contributed by atoms with Crippen molar-refractivity contribution in [3.63, 3.8) is 0 Å². The summed E-state index contributed by atoms with van der Waals surface area (Å²) in [4.78, 5) is 14.1. The maximum absolute atomic E-state index is 13.4. The molecule has 2 N–H and O–H groups in total. The van der Waals surface area contributed by atoms with E-state index in [1.54, 1.807) is 6.07 Å². The van der Waals surface area contributed by atoms with Crippen LogP contribution in [-0.4, -0.2) is 23.9 Å². The van der Waals surface area contributed by atoms with Gasteiger partial charge in [-0.3, -0.25) is 4.79 Å². The minimum atomic E-state index is -0.524. The average Bonchev–Trinajstić information content (AvgIpc) is 2.57. The number of rotatable bonds is 1. The molecule has 0 spiro atoms. The predicted molar refractivity (Wildman–Crippen MR) is 69.7 cm³/mol. The zero-order valence-corrected chi connectivity index (χ0v) is 10.7. The van der Waals surface area contributed by atoms with Crippen molar-refractivity contribution in [3.05, 3.63) is 29.6 Å². The lowest BCUT2D eigenvalue weighted by molar-refractivity contribution is 0.0760. The molecule has 4 heteroatoms. The zero-order valence-electron chi connectivity index (χ0n) is 10.7. The molecule has 98 valence electrons. The van der Waals surface area contributed by atoms with E-state index in [2.05, 4.69) is 6.92 Å². The number of halogens is 1. The number of benzene rings is 1. The molecule has 0 aliphatic carbocycles. The SMILES string of the molecule is CC1CCCN(C(=O)c2ccc(N)c(F)c2)CC1. The van der Waals surface area contributed by atoms with Gasteiger partial charge in [-0.25, -0.2) is 4.39 Å². The van der Waals surface area contributed by atoms with Gasteiger partial charge in [0.25, 0.3) is 5.91 Å². The van der Waals surface area contributed by atoms with Crippen LogP contribution in [0.4, 0.5) is 10.1 Å². The summed E-state index contributed by atoms with van der Waals surface area (Å²) in [7, 11) is 0. The molecule has 2 rings (SSSR count). The van der Waals surface area contributed by atoms with Gasteiger partial charge in [0.1, 0.15) is 5.82 Å². The Morgan fingerprint density at radius 3 is 2.89 bits per heavy atom. The van der Waals surface area contributed by atoms with Crippen molar-refractivity contribution in [2.75, 3.05) is 18.8 Å². The molecule has 0 radical (unpaired) electrons. The van der Waals surface area contributed by atoms with Crippen molar-refractivity contribution in [2.24, 2.45) is 5.92 Å². The highest BCUT2D eigenvalue weighted by Gasteiger charge is 2.20. The van der Waals surface area contributed by atoms with Crippen LogP contribution in [0, 0.1) is 11.7 Å². The highest BCUT2D eigenvalue weighted by Crippen LogP contribution is 2.19. The minimum absolute atomic E-state index is 0.0797. The van der Waals surface area contributed by atoms with Gasteiger partial charge in [0, 0.05) is 18.7 Å². The number of carbonyl (C=O) groups excluding carboxylic acids is 1. The van der Waals surface area contributed by atoms with Crippen LogP contribution in [0.2, 0.25) is 0 Å². The predicted octanol–water partition coefficient (Wildman–Crippen LogP) is 2.67. The number of carbonyl (C=O) groups is 1. The Kier molecular flexibility index (Phi) is 3.84. The van der Waals surface area contributed by atoms with Crippen LogP contribution in [0.1, 0.15) is 36.5 Å². The van der Waals surface area contributed by atoms with E-state index in [0.717, 1.165) is 32.4 Å². The summed E-state index contributed by atoms with van der Waals surface area (Å²) in [6.07, 6.45) is 3.19. The first-order valence-electron chi connectivity index (χ1n) is 6.42. The van der Waals surface area contributed by atoms with Crippen molar-refractivity contribution in [3.8, 4) is 0 Å². The summed E-state index contributed by atoms with van der Waals surface area (Å²) < 4.78 is 13.4. The largest absolute Gasteiger partial charge is 0.396 e. The lowest BCUT2D eigenvalue weighted by atomic mass is 10.0. The van der Waals surface area contributed by atoms with Crippen LogP contribution in [-0.2, 0) is 0 Å². The Balaban J connectivity index is 2.12. The molecule has 1 atom stereocenters. The number of nitrogens with two attached hydrogens (primary N) is 1. The highest BCUT2D eigenvalue weighted by molar-refractivity contribution is 5.94. The fourth-order valence-electron chi connectivity index (χ4n) is 2.31. The topological polar surface area (TPSA) is 46.3 Å². The molecule has 1 saturated heterocycles. The Morgan fingerprint density at radius 1 is 1.39 bits per heavy atom. The van der Waals surface area contributed by atoms with E-state index >= 15 is 0 Å². The number of amides is 1. The molecular formula is C14H19FN2O. The van der Waals surface area contributed by atoms with Gasteiger partial charge < -0.3 is 10.6 Å². The lowest BCUT2D eigenvalue weighted by Gasteiger charge is -2.20. The van der Waals surface area contributed by atoms with Crippen LogP contribution < -0.4 is 5.73 Å². The molecule has 1 fully saturated rings. The lowest BCUT2D eigenvalue weighted by Crippen LogP contribution is -2.32. The van der Waals surface area contributed by atoms with E-state index < -0.39 is 5.82 Å². The molecule has 1 aromatic carbocycles. The first-order chi connectivity index (χ1) is 8.58. The van der Waals surface area contributed by atoms with Crippen molar-refractivity contribution in [1.29, 1.82) is 0 Å². The molecule has 1 aromatic rings. The first kappa shape index (κ1) is 12.9. The Labute approximate surface area is 107 Å². The third-order valence-electron chi connectivity index (χ3n) is 3.55. The van der Waals surface area contributed by atoms with E-state index in [4.69, 9.17) is 5.73 Å². The second-order valence-electron chi connectivity index (χ2n) is 5.06. The van der Waals surface area contributed by atoms with Gasteiger partial charge in [0.15, 0.2) is 0 Å². The summed E-state index contributed by atoms with van der Waals surface area (Å²) in [5.74, 6) is 0.0398. The van der Waals surface area contributed by atoms with Crippen LogP contribution >= 0.6 is 0 Å². The number of nitrogen functional groups attached to an aromatic ring is 1. The quantitative estimate of drug-likeness (QED) is 0.779. The third-order valence-corrected chi connectivity index (χ3v) is 3.55. The molecule has 0 bridgehead atoms. The van der Waals surface area contributed by atoms with E-state index in [0.29, 0.717) is 11.5 Å². The smallest absolute Gasteiger partial charge is 0.253 e. The van der Waals surface area contributed by atoms with Crippen LogP contribution in [0.25, 0.3) is 0 Å². The van der Waals surface area contributed by atoms with Crippen LogP contribution in [0.5, 0.6) is 0 Å². The van der Waals surface area contributed by atoms with E-state index in [1.165, 1.54) is 12.1 Å². The molecule has 1 aliphatic heterocycles. The van der Waals surface area contributed by atoms with Gasteiger partial charge in [0.05, 0.1) is 5.69 Å². The summed E-state index contributed by atoms with van der Waals surface area (Å²) in [6.45, 7) is 3.72. The molecule has 0 saturated carbocycles. The summed E-state index contributed by atoms with van der Waals surface area (Å²) in [5.41, 5.74) is 5.88. The van der Waals surface area contributed by atoms with Gasteiger partial charge in [0.2, 0.25) is 0 Å². The number of anilines is 1. The van der Waals surface area contributed by atoms with Crippen molar-refractivity contribution in [2.45, 2.75) is 26.2 Å². The molecule has 0 aromatic heterocycles. The normalized spacial score (nSPS) is 20.6. The van der Waals surface area contributed by atoms with Crippen molar-refractivity contribution >= 4 is 11.6 Å². The van der Waals surface area contributed by atoms with Gasteiger partial charge >= 0.3 is 0 Å². The third kappa shape index (κ3) is 2.81. The number of hydrogen-bond donors (Lipinski definition) is 1. The summed E-state index contributed by atoms with van der Waals surface area (Å²) >= 11 is 0. The molecule has 1 amide bonds. The molecule has 18 heavy (non-hydrogen) atoms. The fraction of sp³-hybridized carbons (Fsp3) is 0.500. The Hall–Kier alpha value is -1.58. The summed E-state index contributed by atoms with van der Waals surface area (Å²) in [5, 5.41) is 0. The van der Waals surface area contributed by atoms with Crippen molar-refractivity contribution in [1.82, 2.24) is 4.90 Å². The number of likely N-dealkylation sites (tertiary alicyclic amines) is 1. The van der Waals surface area contributed by atoms with Crippen LogP contribution in [0.3, 0.4) is 0 Å². The zero-order chi connectivity index (χ0) is 13.1.